The lowest BCUT2D eigenvalue weighted by Gasteiger charge is -2.32. The Labute approximate surface area is 220 Å². The van der Waals surface area contributed by atoms with Crippen molar-refractivity contribution in [2.75, 3.05) is 20.8 Å². The van der Waals surface area contributed by atoms with Gasteiger partial charge in [-0.2, -0.15) is 0 Å². The molecule has 0 radical (unpaired) electrons. The second kappa shape index (κ2) is 14.1. The van der Waals surface area contributed by atoms with Crippen molar-refractivity contribution in [3.63, 3.8) is 0 Å². The van der Waals surface area contributed by atoms with Gasteiger partial charge in [-0.05, 0) is 48.6 Å². The van der Waals surface area contributed by atoms with Gasteiger partial charge in [0.1, 0.15) is 6.04 Å². The Hall–Kier alpha value is -3.80. The van der Waals surface area contributed by atoms with Crippen LogP contribution < -0.4 is 14.8 Å². The molecule has 0 heterocycles. The Morgan fingerprint density at radius 2 is 1.59 bits per heavy atom. The summed E-state index contributed by atoms with van der Waals surface area (Å²) in [7, 11) is 3.19. The van der Waals surface area contributed by atoms with E-state index in [2.05, 4.69) is 11.4 Å². The summed E-state index contributed by atoms with van der Waals surface area (Å²) in [5, 5.41) is 3.02. The van der Waals surface area contributed by atoms with E-state index in [1.165, 1.54) is 0 Å². The first-order valence-corrected chi connectivity index (χ1v) is 12.8. The molecule has 37 heavy (non-hydrogen) atoms. The highest BCUT2D eigenvalue weighted by Gasteiger charge is 2.30. The number of hydrogen-bond acceptors (Lipinski definition) is 4. The van der Waals surface area contributed by atoms with Gasteiger partial charge in [0, 0.05) is 25.9 Å². The molecule has 3 rings (SSSR count). The van der Waals surface area contributed by atoms with E-state index in [-0.39, 0.29) is 18.2 Å². The monoisotopic (exact) mass is 502 g/mol. The van der Waals surface area contributed by atoms with Crippen molar-refractivity contribution >= 4 is 11.8 Å². The normalized spacial score (nSPS) is 11.5. The number of carbonyl (C=O) groups is 2. The molecule has 0 bridgehead atoms. The van der Waals surface area contributed by atoms with E-state index < -0.39 is 6.04 Å². The molecule has 196 valence electrons. The Balaban J connectivity index is 1.89. The average molecular weight is 503 g/mol. The number of carbonyl (C=O) groups excluding carboxylic acids is 2. The van der Waals surface area contributed by atoms with Crippen LogP contribution in [0.1, 0.15) is 42.0 Å². The third kappa shape index (κ3) is 8.10. The summed E-state index contributed by atoms with van der Waals surface area (Å²) in [6, 6.07) is 23.0. The molecule has 0 saturated heterocycles. The third-order valence-corrected chi connectivity index (χ3v) is 6.33. The number of aryl methyl sites for hydroxylation is 2. The summed E-state index contributed by atoms with van der Waals surface area (Å²) < 4.78 is 10.8. The molecule has 2 amide bonds. The number of nitrogens with zero attached hydrogens (tertiary/aromatic N) is 1. The highest BCUT2D eigenvalue weighted by molar-refractivity contribution is 5.88. The molecule has 0 aromatic heterocycles. The number of rotatable bonds is 13. The molecule has 0 spiro atoms. The average Bonchev–Trinajstić information content (AvgIpc) is 2.92. The molecule has 0 aliphatic heterocycles. The van der Waals surface area contributed by atoms with Crippen LogP contribution in [-0.2, 0) is 29.0 Å². The molecule has 0 unspecified atom stereocenters. The predicted octanol–water partition coefficient (Wildman–Crippen LogP) is 5.11. The fourth-order valence-corrected chi connectivity index (χ4v) is 4.36. The highest BCUT2D eigenvalue weighted by atomic mass is 16.5. The fraction of sp³-hybridized carbons (Fsp3) is 0.355. The van der Waals surface area contributed by atoms with Gasteiger partial charge in [-0.15, -0.1) is 0 Å². The molecule has 0 saturated carbocycles. The van der Waals surface area contributed by atoms with Gasteiger partial charge in [-0.1, -0.05) is 73.2 Å². The van der Waals surface area contributed by atoms with Gasteiger partial charge in [0.05, 0.1) is 14.2 Å². The maximum absolute atomic E-state index is 13.8. The number of hydrogen-bond donors (Lipinski definition) is 1. The lowest BCUT2D eigenvalue weighted by Crippen LogP contribution is -2.50. The van der Waals surface area contributed by atoms with Crippen molar-refractivity contribution in [1.29, 1.82) is 0 Å². The molecule has 3 aromatic rings. The van der Waals surface area contributed by atoms with Crippen LogP contribution in [-0.4, -0.2) is 43.5 Å². The van der Waals surface area contributed by atoms with Crippen molar-refractivity contribution in [2.24, 2.45) is 0 Å². The summed E-state index contributed by atoms with van der Waals surface area (Å²) in [5.41, 5.74) is 4.10. The maximum Gasteiger partial charge on any atom is 0.243 e. The van der Waals surface area contributed by atoms with E-state index >= 15 is 0 Å². The number of amides is 2. The van der Waals surface area contributed by atoms with Crippen molar-refractivity contribution < 1.29 is 19.1 Å². The zero-order valence-corrected chi connectivity index (χ0v) is 22.3. The summed E-state index contributed by atoms with van der Waals surface area (Å²) in [6.45, 7) is 4.99. The van der Waals surface area contributed by atoms with Gasteiger partial charge < -0.3 is 19.7 Å². The first-order valence-electron chi connectivity index (χ1n) is 12.8. The van der Waals surface area contributed by atoms with E-state index in [4.69, 9.17) is 9.47 Å². The third-order valence-electron chi connectivity index (χ3n) is 6.33. The quantitative estimate of drug-likeness (QED) is 0.353. The number of nitrogens with one attached hydrogen (secondary N) is 1. The Morgan fingerprint density at radius 1 is 0.865 bits per heavy atom. The van der Waals surface area contributed by atoms with Gasteiger partial charge in [-0.3, -0.25) is 9.59 Å². The first kappa shape index (κ1) is 27.8. The second-order valence-corrected chi connectivity index (χ2v) is 9.20. The Kier molecular flexibility index (Phi) is 10.6. The molecular formula is C31H38N2O4. The van der Waals surface area contributed by atoms with Crippen LogP contribution in [0.2, 0.25) is 0 Å². The topological polar surface area (TPSA) is 67.9 Å². The van der Waals surface area contributed by atoms with E-state index in [0.29, 0.717) is 37.4 Å². The number of benzene rings is 3. The van der Waals surface area contributed by atoms with Crippen LogP contribution >= 0.6 is 0 Å². The summed E-state index contributed by atoms with van der Waals surface area (Å²) >= 11 is 0. The molecule has 6 nitrogen and oxygen atoms in total. The van der Waals surface area contributed by atoms with Crippen LogP contribution in [0.15, 0.2) is 72.8 Å². The van der Waals surface area contributed by atoms with Gasteiger partial charge in [0.25, 0.3) is 0 Å². The Morgan fingerprint density at radius 3 is 2.27 bits per heavy atom. The smallest absolute Gasteiger partial charge is 0.243 e. The molecule has 3 aromatic carbocycles. The molecule has 1 atom stereocenters. The SMILES string of the molecule is CCCNC(=O)[C@@H](Cc1ccccc1)N(Cc1cccc(C)c1)C(=O)CCc1ccc(OC)c(OC)c1. The summed E-state index contributed by atoms with van der Waals surface area (Å²) in [6.07, 6.45) is 2.07. The van der Waals surface area contributed by atoms with Crippen molar-refractivity contribution in [1.82, 2.24) is 10.2 Å². The minimum Gasteiger partial charge on any atom is -0.493 e. The van der Waals surface area contributed by atoms with E-state index in [1.54, 1.807) is 19.1 Å². The van der Waals surface area contributed by atoms with Crippen molar-refractivity contribution in [3.8, 4) is 11.5 Å². The minimum absolute atomic E-state index is 0.0659. The predicted molar refractivity (Wildman–Crippen MR) is 147 cm³/mol. The summed E-state index contributed by atoms with van der Waals surface area (Å²) in [5.74, 6) is 1.08. The van der Waals surface area contributed by atoms with E-state index in [9.17, 15) is 9.59 Å². The molecular weight excluding hydrogens is 464 g/mol. The van der Waals surface area contributed by atoms with Crippen LogP contribution in [0.5, 0.6) is 11.5 Å². The zero-order valence-electron chi connectivity index (χ0n) is 22.3. The van der Waals surface area contributed by atoms with Gasteiger partial charge in [0.15, 0.2) is 11.5 Å². The lowest BCUT2D eigenvalue weighted by atomic mass is 10.0. The van der Waals surface area contributed by atoms with E-state index in [1.807, 2.05) is 80.6 Å². The Bertz CT molecular complexity index is 1160. The van der Waals surface area contributed by atoms with Gasteiger partial charge in [-0.25, -0.2) is 0 Å². The lowest BCUT2D eigenvalue weighted by molar-refractivity contribution is -0.141. The molecule has 0 fully saturated rings. The largest absolute Gasteiger partial charge is 0.493 e. The number of methoxy groups -OCH3 is 2. The van der Waals surface area contributed by atoms with Crippen LogP contribution in [0.4, 0.5) is 0 Å². The molecule has 1 N–H and O–H groups in total. The first-order chi connectivity index (χ1) is 17.9. The van der Waals surface area contributed by atoms with Gasteiger partial charge in [0.2, 0.25) is 11.8 Å². The zero-order chi connectivity index (χ0) is 26.6. The second-order valence-electron chi connectivity index (χ2n) is 9.20. The molecule has 6 heteroatoms. The number of ether oxygens (including phenoxy) is 2. The molecule has 0 aliphatic rings. The fourth-order valence-electron chi connectivity index (χ4n) is 4.36. The highest BCUT2D eigenvalue weighted by Crippen LogP contribution is 2.28. The van der Waals surface area contributed by atoms with Crippen LogP contribution in [0.3, 0.4) is 0 Å². The minimum atomic E-state index is -0.618. The van der Waals surface area contributed by atoms with Crippen molar-refractivity contribution in [3.05, 3.63) is 95.1 Å². The van der Waals surface area contributed by atoms with Crippen molar-refractivity contribution in [2.45, 2.75) is 52.1 Å². The summed E-state index contributed by atoms with van der Waals surface area (Å²) in [4.78, 5) is 28.9. The maximum atomic E-state index is 13.8. The van der Waals surface area contributed by atoms with Crippen LogP contribution in [0.25, 0.3) is 0 Å². The molecule has 0 aliphatic carbocycles. The standard InChI is InChI=1S/C31H38N2O4/c1-5-18-32-31(35)27(20-24-11-7-6-8-12-24)33(22-26-13-9-10-23(2)19-26)30(34)17-15-25-14-16-28(36-3)29(21-25)37-4/h6-14,16,19,21,27H,5,15,17-18,20,22H2,1-4H3,(H,32,35)/t27-/m1/s1. The van der Waals surface area contributed by atoms with Crippen LogP contribution in [0, 0.1) is 6.92 Å². The van der Waals surface area contributed by atoms with Gasteiger partial charge >= 0.3 is 0 Å². The van der Waals surface area contributed by atoms with E-state index in [0.717, 1.165) is 28.7 Å².